The van der Waals surface area contributed by atoms with Crippen LogP contribution in [0.1, 0.15) is 39.0 Å². The van der Waals surface area contributed by atoms with Crippen LogP contribution in [0.25, 0.3) is 0 Å². The van der Waals surface area contributed by atoms with E-state index in [-0.39, 0.29) is 6.17 Å². The van der Waals surface area contributed by atoms with Gasteiger partial charge in [0.15, 0.2) is 0 Å². The van der Waals surface area contributed by atoms with Gasteiger partial charge in [-0.2, -0.15) is 0 Å². The Morgan fingerprint density at radius 2 is 2.09 bits per heavy atom. The van der Waals surface area contributed by atoms with Crippen molar-refractivity contribution in [3.05, 3.63) is 0 Å². The summed E-state index contributed by atoms with van der Waals surface area (Å²) in [5.74, 6) is 0.751. The molecule has 0 spiro atoms. The fourth-order valence-electron chi connectivity index (χ4n) is 1.79. The third kappa shape index (κ3) is 2.80. The average Bonchev–Trinajstić information content (AvgIpc) is 2.52. The van der Waals surface area contributed by atoms with Crippen molar-refractivity contribution in [3.63, 3.8) is 0 Å². The van der Waals surface area contributed by atoms with E-state index in [1.165, 1.54) is 32.1 Å². The Labute approximate surface area is 69.5 Å². The van der Waals surface area contributed by atoms with Crippen LogP contribution >= 0.6 is 0 Å². The van der Waals surface area contributed by atoms with Crippen molar-refractivity contribution in [1.29, 1.82) is 0 Å². The Morgan fingerprint density at radius 1 is 1.45 bits per heavy atom. The standard InChI is InChI=1S/C9H20N2/c1-2-7-11-9(10)8-5-3-4-6-8/h8-9,11H,2-7,10H2,1H3. The molecular weight excluding hydrogens is 136 g/mol. The maximum absolute atomic E-state index is 5.95. The molecule has 66 valence electrons. The van der Waals surface area contributed by atoms with Crippen LogP contribution in [0.4, 0.5) is 0 Å². The van der Waals surface area contributed by atoms with Crippen LogP contribution in [0.2, 0.25) is 0 Å². The monoisotopic (exact) mass is 156 g/mol. The molecule has 0 bridgehead atoms. The van der Waals surface area contributed by atoms with Gasteiger partial charge in [-0.15, -0.1) is 0 Å². The Balaban J connectivity index is 2.12. The first kappa shape index (κ1) is 9.01. The molecule has 0 aromatic heterocycles. The summed E-state index contributed by atoms with van der Waals surface area (Å²) in [4.78, 5) is 0. The minimum Gasteiger partial charge on any atom is -0.316 e. The minimum absolute atomic E-state index is 0.262. The zero-order chi connectivity index (χ0) is 8.10. The van der Waals surface area contributed by atoms with Crippen LogP contribution in [-0.2, 0) is 0 Å². The van der Waals surface area contributed by atoms with Crippen LogP contribution < -0.4 is 11.1 Å². The Hall–Kier alpha value is -0.0800. The molecule has 1 aliphatic carbocycles. The molecule has 3 N–H and O–H groups in total. The molecule has 0 heterocycles. The molecule has 0 amide bonds. The molecule has 2 nitrogen and oxygen atoms in total. The lowest BCUT2D eigenvalue weighted by molar-refractivity contribution is 0.368. The normalized spacial score (nSPS) is 22.4. The van der Waals surface area contributed by atoms with Gasteiger partial charge in [-0.3, -0.25) is 0 Å². The molecule has 11 heavy (non-hydrogen) atoms. The topological polar surface area (TPSA) is 38.0 Å². The zero-order valence-corrected chi connectivity index (χ0v) is 7.47. The maximum Gasteiger partial charge on any atom is 0.0575 e. The van der Waals surface area contributed by atoms with Crippen molar-refractivity contribution < 1.29 is 0 Å². The number of nitrogens with two attached hydrogens (primary N) is 1. The molecular formula is C9H20N2. The molecule has 0 aromatic carbocycles. The first-order valence-corrected chi connectivity index (χ1v) is 4.83. The lowest BCUT2D eigenvalue weighted by atomic mass is 10.1. The second kappa shape index (κ2) is 4.73. The summed E-state index contributed by atoms with van der Waals surface area (Å²) >= 11 is 0. The Kier molecular flexibility index (Phi) is 3.87. The highest BCUT2D eigenvalue weighted by Crippen LogP contribution is 2.25. The van der Waals surface area contributed by atoms with Gasteiger partial charge in [-0.25, -0.2) is 0 Å². The molecule has 2 heteroatoms. The van der Waals surface area contributed by atoms with Gasteiger partial charge in [-0.05, 0) is 31.7 Å². The SMILES string of the molecule is CCCNC(N)C1CCCC1. The zero-order valence-electron chi connectivity index (χ0n) is 7.47. The van der Waals surface area contributed by atoms with Crippen molar-refractivity contribution in [3.8, 4) is 0 Å². The fraction of sp³-hybridized carbons (Fsp3) is 1.00. The maximum atomic E-state index is 5.95. The molecule has 1 fully saturated rings. The van der Waals surface area contributed by atoms with Crippen LogP contribution in [0.3, 0.4) is 0 Å². The highest BCUT2D eigenvalue weighted by Gasteiger charge is 2.20. The number of nitrogens with one attached hydrogen (secondary N) is 1. The van der Waals surface area contributed by atoms with Gasteiger partial charge in [0, 0.05) is 0 Å². The quantitative estimate of drug-likeness (QED) is 0.605. The van der Waals surface area contributed by atoms with Crippen LogP contribution in [0.5, 0.6) is 0 Å². The molecule has 0 saturated heterocycles. The summed E-state index contributed by atoms with van der Waals surface area (Å²) in [6, 6.07) is 0. The first-order chi connectivity index (χ1) is 5.34. The van der Waals surface area contributed by atoms with Gasteiger partial charge < -0.3 is 11.1 Å². The number of hydrogen-bond acceptors (Lipinski definition) is 2. The Morgan fingerprint density at radius 3 is 2.64 bits per heavy atom. The minimum atomic E-state index is 0.262. The highest BCUT2D eigenvalue weighted by atomic mass is 15.0. The van der Waals surface area contributed by atoms with Crippen molar-refractivity contribution in [2.24, 2.45) is 11.7 Å². The van der Waals surface area contributed by atoms with E-state index in [4.69, 9.17) is 5.73 Å². The van der Waals surface area contributed by atoms with E-state index in [1.54, 1.807) is 0 Å². The third-order valence-electron chi connectivity index (χ3n) is 2.54. The molecule has 0 aliphatic heterocycles. The van der Waals surface area contributed by atoms with E-state index in [0.29, 0.717) is 0 Å². The third-order valence-corrected chi connectivity index (χ3v) is 2.54. The molecule has 0 aromatic rings. The van der Waals surface area contributed by atoms with E-state index in [0.717, 1.165) is 12.5 Å². The summed E-state index contributed by atoms with van der Waals surface area (Å²) in [6.45, 7) is 3.24. The molecule has 1 saturated carbocycles. The van der Waals surface area contributed by atoms with E-state index in [1.807, 2.05) is 0 Å². The van der Waals surface area contributed by atoms with Gasteiger partial charge in [0.1, 0.15) is 0 Å². The summed E-state index contributed by atoms with van der Waals surface area (Å²) in [6.07, 6.45) is 6.87. The summed E-state index contributed by atoms with van der Waals surface area (Å²) < 4.78 is 0. The lowest BCUT2D eigenvalue weighted by Crippen LogP contribution is -2.43. The Bertz CT molecular complexity index is 97.7. The number of rotatable bonds is 4. The number of hydrogen-bond donors (Lipinski definition) is 2. The molecule has 1 aliphatic rings. The van der Waals surface area contributed by atoms with E-state index in [2.05, 4.69) is 12.2 Å². The van der Waals surface area contributed by atoms with Crippen molar-refractivity contribution in [2.45, 2.75) is 45.2 Å². The molecule has 1 rings (SSSR count). The van der Waals surface area contributed by atoms with Crippen LogP contribution in [0, 0.1) is 5.92 Å². The van der Waals surface area contributed by atoms with Crippen LogP contribution in [-0.4, -0.2) is 12.7 Å². The summed E-state index contributed by atoms with van der Waals surface area (Å²) in [5, 5.41) is 3.35. The fourth-order valence-corrected chi connectivity index (χ4v) is 1.79. The van der Waals surface area contributed by atoms with Gasteiger partial charge in [-0.1, -0.05) is 19.8 Å². The summed E-state index contributed by atoms with van der Waals surface area (Å²) in [5.41, 5.74) is 5.95. The lowest BCUT2D eigenvalue weighted by Gasteiger charge is -2.19. The average molecular weight is 156 g/mol. The molecule has 1 unspecified atom stereocenters. The van der Waals surface area contributed by atoms with E-state index in [9.17, 15) is 0 Å². The second-order valence-electron chi connectivity index (χ2n) is 3.52. The smallest absolute Gasteiger partial charge is 0.0575 e. The van der Waals surface area contributed by atoms with E-state index >= 15 is 0 Å². The van der Waals surface area contributed by atoms with Crippen LogP contribution in [0.15, 0.2) is 0 Å². The molecule has 1 atom stereocenters. The summed E-state index contributed by atoms with van der Waals surface area (Å²) in [7, 11) is 0. The van der Waals surface area contributed by atoms with Gasteiger partial charge in [0.2, 0.25) is 0 Å². The van der Waals surface area contributed by atoms with Gasteiger partial charge in [0.05, 0.1) is 6.17 Å². The van der Waals surface area contributed by atoms with Crippen molar-refractivity contribution in [2.75, 3.05) is 6.54 Å². The predicted octanol–water partition coefficient (Wildman–Crippen LogP) is 1.46. The van der Waals surface area contributed by atoms with E-state index < -0.39 is 0 Å². The second-order valence-corrected chi connectivity index (χ2v) is 3.52. The first-order valence-electron chi connectivity index (χ1n) is 4.83. The molecule has 0 radical (unpaired) electrons. The van der Waals surface area contributed by atoms with Crippen molar-refractivity contribution in [1.82, 2.24) is 5.32 Å². The largest absolute Gasteiger partial charge is 0.316 e. The van der Waals surface area contributed by atoms with Gasteiger partial charge in [0.25, 0.3) is 0 Å². The highest BCUT2D eigenvalue weighted by molar-refractivity contribution is 4.75. The van der Waals surface area contributed by atoms with Crippen molar-refractivity contribution >= 4 is 0 Å². The predicted molar refractivity (Wildman–Crippen MR) is 48.2 cm³/mol. The van der Waals surface area contributed by atoms with Gasteiger partial charge >= 0.3 is 0 Å².